The van der Waals surface area contributed by atoms with Crippen LogP contribution in [-0.4, -0.2) is 42.5 Å². The molecule has 7 heteroatoms. The molecule has 2 heterocycles. The summed E-state index contributed by atoms with van der Waals surface area (Å²) >= 11 is 1.54. The summed E-state index contributed by atoms with van der Waals surface area (Å²) in [6.45, 7) is 3.09. The van der Waals surface area contributed by atoms with Crippen molar-refractivity contribution in [3.05, 3.63) is 76.2 Å². The highest BCUT2D eigenvalue weighted by Gasteiger charge is 2.24. The molecule has 31 heavy (non-hydrogen) atoms. The summed E-state index contributed by atoms with van der Waals surface area (Å²) in [5, 5.41) is 5.08. The first-order valence-electron chi connectivity index (χ1n) is 10.5. The number of carbonyl (C=O) groups is 1. The normalized spacial score (nSPS) is 14.9. The molecule has 1 saturated heterocycles. The van der Waals surface area contributed by atoms with Gasteiger partial charge in [0.05, 0.1) is 24.4 Å². The predicted octanol–water partition coefficient (Wildman–Crippen LogP) is 4.30. The van der Waals surface area contributed by atoms with E-state index >= 15 is 0 Å². The molecule has 0 spiro atoms. The average Bonchev–Trinajstić information content (AvgIpc) is 3.53. The van der Waals surface area contributed by atoms with Gasteiger partial charge in [-0.15, -0.1) is 11.3 Å². The van der Waals surface area contributed by atoms with Gasteiger partial charge in [-0.05, 0) is 67.9 Å². The molecule has 0 radical (unpaired) electrons. The molecule has 162 valence electrons. The van der Waals surface area contributed by atoms with Crippen molar-refractivity contribution in [3.63, 3.8) is 0 Å². The Morgan fingerprint density at radius 3 is 2.45 bits per heavy atom. The van der Waals surface area contributed by atoms with E-state index in [1.807, 2.05) is 29.6 Å². The van der Waals surface area contributed by atoms with E-state index in [1.165, 1.54) is 18.4 Å². The number of nitrogens with zero attached hydrogens (tertiary/aromatic N) is 2. The zero-order valence-electron chi connectivity index (χ0n) is 17.6. The number of rotatable bonds is 9. The van der Waals surface area contributed by atoms with Crippen molar-refractivity contribution in [2.75, 3.05) is 26.7 Å². The van der Waals surface area contributed by atoms with E-state index in [0.717, 1.165) is 30.3 Å². The standard InChI is InChI=1S/C24H27N3O3S/c1-29-21-8-4-18(5-9-21)23(27-12-2-3-13-27)14-25-24(28)19-6-10-22(11-7-19)30-15-20-16-31-17-26-20/h4-11,16-17,23H,2-3,12-15H2,1H3,(H,25,28)/t23-/m0/s1. The maximum absolute atomic E-state index is 12.8. The highest BCUT2D eigenvalue weighted by atomic mass is 32.1. The summed E-state index contributed by atoms with van der Waals surface area (Å²) in [5.41, 5.74) is 4.50. The Kier molecular flexibility index (Phi) is 7.17. The lowest BCUT2D eigenvalue weighted by atomic mass is 10.0. The molecule has 1 fully saturated rings. The van der Waals surface area contributed by atoms with Crippen LogP contribution >= 0.6 is 11.3 Å². The third-order valence-electron chi connectivity index (χ3n) is 5.52. The Morgan fingerprint density at radius 1 is 1.10 bits per heavy atom. The number of hydrogen-bond donors (Lipinski definition) is 1. The molecule has 1 aliphatic heterocycles. The topological polar surface area (TPSA) is 63.7 Å². The summed E-state index contributed by atoms with van der Waals surface area (Å²) in [7, 11) is 1.67. The number of hydrogen-bond acceptors (Lipinski definition) is 6. The number of ether oxygens (including phenoxy) is 2. The van der Waals surface area contributed by atoms with Crippen LogP contribution < -0.4 is 14.8 Å². The summed E-state index contributed by atoms with van der Waals surface area (Å²) < 4.78 is 11.0. The Morgan fingerprint density at radius 2 is 1.81 bits per heavy atom. The zero-order chi connectivity index (χ0) is 21.5. The minimum Gasteiger partial charge on any atom is -0.497 e. The fourth-order valence-electron chi connectivity index (χ4n) is 3.80. The fraction of sp³-hybridized carbons (Fsp3) is 0.333. The van der Waals surface area contributed by atoms with Crippen molar-refractivity contribution < 1.29 is 14.3 Å². The number of methoxy groups -OCH3 is 1. The lowest BCUT2D eigenvalue weighted by Crippen LogP contribution is -2.36. The van der Waals surface area contributed by atoms with E-state index in [-0.39, 0.29) is 11.9 Å². The highest BCUT2D eigenvalue weighted by Crippen LogP contribution is 2.26. The second-order valence-corrected chi connectivity index (χ2v) is 8.25. The van der Waals surface area contributed by atoms with Crippen molar-refractivity contribution in [1.82, 2.24) is 15.2 Å². The Balaban J connectivity index is 1.36. The van der Waals surface area contributed by atoms with Crippen LogP contribution in [0.2, 0.25) is 0 Å². The minimum atomic E-state index is -0.0799. The van der Waals surface area contributed by atoms with E-state index in [0.29, 0.717) is 18.7 Å². The number of carbonyl (C=O) groups excluding carboxylic acids is 1. The molecule has 1 aromatic heterocycles. The molecule has 2 aromatic carbocycles. The molecule has 6 nitrogen and oxygen atoms in total. The van der Waals surface area contributed by atoms with Crippen LogP contribution in [0, 0.1) is 0 Å². The number of nitrogens with one attached hydrogen (secondary N) is 1. The molecule has 0 saturated carbocycles. The van der Waals surface area contributed by atoms with Gasteiger partial charge in [0, 0.05) is 17.5 Å². The smallest absolute Gasteiger partial charge is 0.251 e. The first-order valence-corrected chi connectivity index (χ1v) is 11.4. The second kappa shape index (κ2) is 10.4. The maximum Gasteiger partial charge on any atom is 0.251 e. The minimum absolute atomic E-state index is 0.0799. The second-order valence-electron chi connectivity index (χ2n) is 7.53. The maximum atomic E-state index is 12.8. The number of thiazole rings is 1. The molecule has 0 bridgehead atoms. The molecule has 3 aromatic rings. The molecular formula is C24H27N3O3S. The number of amides is 1. The molecule has 4 rings (SSSR count). The van der Waals surface area contributed by atoms with Gasteiger partial charge in [-0.2, -0.15) is 0 Å². The van der Waals surface area contributed by atoms with Gasteiger partial charge < -0.3 is 14.8 Å². The molecule has 1 N–H and O–H groups in total. The van der Waals surface area contributed by atoms with Gasteiger partial charge in [0.2, 0.25) is 0 Å². The lowest BCUT2D eigenvalue weighted by Gasteiger charge is -2.28. The van der Waals surface area contributed by atoms with Crippen LogP contribution in [0.1, 0.15) is 40.5 Å². The summed E-state index contributed by atoms with van der Waals surface area (Å²) in [5.74, 6) is 1.48. The van der Waals surface area contributed by atoms with Gasteiger partial charge >= 0.3 is 0 Å². The van der Waals surface area contributed by atoms with Crippen molar-refractivity contribution in [1.29, 1.82) is 0 Å². The molecule has 1 amide bonds. The Hall–Kier alpha value is -2.90. The van der Waals surface area contributed by atoms with Gasteiger partial charge in [-0.1, -0.05) is 12.1 Å². The summed E-state index contributed by atoms with van der Waals surface area (Å²) in [4.78, 5) is 19.4. The van der Waals surface area contributed by atoms with Crippen LogP contribution in [0.15, 0.2) is 59.4 Å². The van der Waals surface area contributed by atoms with Crippen LogP contribution in [0.5, 0.6) is 11.5 Å². The summed E-state index contributed by atoms with van der Waals surface area (Å²) in [6.07, 6.45) is 2.39. The molecule has 0 aliphatic carbocycles. The van der Waals surface area contributed by atoms with Crippen LogP contribution in [-0.2, 0) is 6.61 Å². The van der Waals surface area contributed by atoms with E-state index in [1.54, 1.807) is 36.1 Å². The van der Waals surface area contributed by atoms with Crippen molar-refractivity contribution in [2.45, 2.75) is 25.5 Å². The first-order chi connectivity index (χ1) is 15.2. The van der Waals surface area contributed by atoms with Gasteiger partial charge in [-0.3, -0.25) is 9.69 Å². The van der Waals surface area contributed by atoms with E-state index in [9.17, 15) is 4.79 Å². The predicted molar refractivity (Wildman–Crippen MR) is 122 cm³/mol. The average molecular weight is 438 g/mol. The van der Waals surface area contributed by atoms with Crippen LogP contribution in [0.3, 0.4) is 0 Å². The fourth-order valence-corrected chi connectivity index (χ4v) is 4.34. The molecule has 1 aliphatic rings. The van der Waals surface area contributed by atoms with E-state index in [2.05, 4.69) is 27.3 Å². The van der Waals surface area contributed by atoms with Gasteiger partial charge in [0.1, 0.15) is 18.1 Å². The van der Waals surface area contributed by atoms with Crippen LogP contribution in [0.4, 0.5) is 0 Å². The largest absolute Gasteiger partial charge is 0.497 e. The van der Waals surface area contributed by atoms with Crippen molar-refractivity contribution in [2.24, 2.45) is 0 Å². The van der Waals surface area contributed by atoms with Crippen molar-refractivity contribution >= 4 is 17.2 Å². The number of likely N-dealkylation sites (tertiary alicyclic amines) is 1. The first kappa shape index (κ1) is 21.3. The third-order valence-corrected chi connectivity index (χ3v) is 6.16. The SMILES string of the molecule is COc1ccc([C@H](CNC(=O)c2ccc(OCc3cscn3)cc2)N2CCCC2)cc1. The monoisotopic (exact) mass is 437 g/mol. The Labute approximate surface area is 186 Å². The van der Waals surface area contributed by atoms with Gasteiger partial charge in [0.15, 0.2) is 0 Å². The van der Waals surface area contributed by atoms with Gasteiger partial charge in [-0.25, -0.2) is 4.98 Å². The molecular weight excluding hydrogens is 410 g/mol. The van der Waals surface area contributed by atoms with Gasteiger partial charge in [0.25, 0.3) is 5.91 Å². The zero-order valence-corrected chi connectivity index (χ0v) is 18.4. The summed E-state index contributed by atoms with van der Waals surface area (Å²) in [6, 6.07) is 15.5. The number of benzene rings is 2. The lowest BCUT2D eigenvalue weighted by molar-refractivity contribution is 0.0938. The molecule has 1 atom stereocenters. The van der Waals surface area contributed by atoms with E-state index < -0.39 is 0 Å². The highest BCUT2D eigenvalue weighted by molar-refractivity contribution is 7.07. The molecule has 0 unspecified atom stereocenters. The quantitative estimate of drug-likeness (QED) is 0.541. The number of aromatic nitrogens is 1. The third kappa shape index (κ3) is 5.62. The Bertz CT molecular complexity index is 953. The van der Waals surface area contributed by atoms with Crippen LogP contribution in [0.25, 0.3) is 0 Å². The van der Waals surface area contributed by atoms with Crippen molar-refractivity contribution in [3.8, 4) is 11.5 Å². The van der Waals surface area contributed by atoms with E-state index in [4.69, 9.17) is 9.47 Å².